The van der Waals surface area contributed by atoms with Crippen LogP contribution >= 0.6 is 0 Å². The van der Waals surface area contributed by atoms with E-state index in [2.05, 4.69) is 5.32 Å². The number of ketones is 1. The minimum atomic E-state index is -1.15. The van der Waals surface area contributed by atoms with Gasteiger partial charge in [0.2, 0.25) is 0 Å². The van der Waals surface area contributed by atoms with Gasteiger partial charge in [-0.15, -0.1) is 0 Å². The summed E-state index contributed by atoms with van der Waals surface area (Å²) in [5.41, 5.74) is 0.528. The van der Waals surface area contributed by atoms with Gasteiger partial charge in [0.15, 0.2) is 23.5 Å². The summed E-state index contributed by atoms with van der Waals surface area (Å²) in [7, 11) is 0. The van der Waals surface area contributed by atoms with E-state index in [4.69, 9.17) is 4.74 Å². The summed E-state index contributed by atoms with van der Waals surface area (Å²) in [6.45, 7) is 1.34. The fourth-order valence-corrected chi connectivity index (χ4v) is 2.11. The molecule has 0 saturated heterocycles. The Morgan fingerprint density at radius 3 is 2.35 bits per heavy atom. The van der Waals surface area contributed by atoms with E-state index in [1.807, 2.05) is 0 Å². The van der Waals surface area contributed by atoms with Gasteiger partial charge < -0.3 is 10.1 Å². The van der Waals surface area contributed by atoms with Crippen LogP contribution in [0.25, 0.3) is 0 Å². The first-order valence-corrected chi connectivity index (χ1v) is 7.90. The van der Waals surface area contributed by atoms with Gasteiger partial charge in [-0.1, -0.05) is 30.3 Å². The monoisotopic (exact) mass is 361 g/mol. The second-order valence-corrected chi connectivity index (χ2v) is 5.54. The van der Waals surface area contributed by atoms with Gasteiger partial charge in [-0.05, 0) is 19.1 Å². The van der Waals surface area contributed by atoms with Crippen LogP contribution in [0.1, 0.15) is 30.1 Å². The molecule has 0 bridgehead atoms. The number of ether oxygens (including phenoxy) is 1. The fourth-order valence-electron chi connectivity index (χ4n) is 2.11. The lowest BCUT2D eigenvalue weighted by Gasteiger charge is -2.13. The van der Waals surface area contributed by atoms with E-state index in [1.165, 1.54) is 13.0 Å². The molecular formula is C19H17F2NO4. The zero-order chi connectivity index (χ0) is 19.1. The number of rotatable bonds is 7. The van der Waals surface area contributed by atoms with Crippen LogP contribution in [0.5, 0.6) is 0 Å². The number of hydrogen-bond donors (Lipinski definition) is 1. The molecular weight excluding hydrogens is 344 g/mol. The van der Waals surface area contributed by atoms with Crippen LogP contribution in [0, 0.1) is 11.6 Å². The number of nitrogens with one attached hydrogen (secondary N) is 1. The Kier molecular flexibility index (Phi) is 6.54. The van der Waals surface area contributed by atoms with E-state index in [9.17, 15) is 23.2 Å². The zero-order valence-electron chi connectivity index (χ0n) is 14.0. The maximum absolute atomic E-state index is 13.1. The smallest absolute Gasteiger partial charge is 0.307 e. The zero-order valence-corrected chi connectivity index (χ0v) is 14.0. The predicted molar refractivity (Wildman–Crippen MR) is 90.5 cm³/mol. The minimum absolute atomic E-state index is 0.0380. The summed E-state index contributed by atoms with van der Waals surface area (Å²) in [6.07, 6.45) is -1.36. The maximum Gasteiger partial charge on any atom is 0.307 e. The highest BCUT2D eigenvalue weighted by molar-refractivity contribution is 5.98. The van der Waals surface area contributed by atoms with Crippen LogP contribution < -0.4 is 5.32 Å². The minimum Gasteiger partial charge on any atom is -0.453 e. The largest absolute Gasteiger partial charge is 0.453 e. The van der Waals surface area contributed by atoms with E-state index < -0.39 is 29.6 Å². The van der Waals surface area contributed by atoms with Crippen LogP contribution in [0.15, 0.2) is 48.5 Å². The Morgan fingerprint density at radius 1 is 1.00 bits per heavy atom. The molecule has 0 aliphatic rings. The van der Waals surface area contributed by atoms with Crippen molar-refractivity contribution < 1.29 is 27.9 Å². The number of halogens is 2. The Morgan fingerprint density at radius 2 is 1.69 bits per heavy atom. The molecule has 0 unspecified atom stereocenters. The van der Waals surface area contributed by atoms with E-state index in [0.717, 1.165) is 12.1 Å². The summed E-state index contributed by atoms with van der Waals surface area (Å²) < 4.78 is 30.9. The standard InChI is InChI=1S/C19H17F2NO4/c1-12(19(25)22-14-7-8-15(20)16(21)11-14)26-18(24)10-9-17(23)13-5-3-2-4-6-13/h2-8,11-12H,9-10H2,1H3,(H,22,25)/t12-/m0/s1. The number of benzene rings is 2. The molecule has 2 aromatic carbocycles. The number of amides is 1. The normalized spacial score (nSPS) is 11.5. The van der Waals surface area contributed by atoms with Crippen molar-refractivity contribution in [2.24, 2.45) is 0 Å². The van der Waals surface area contributed by atoms with Crippen LogP contribution in [0.4, 0.5) is 14.5 Å². The van der Waals surface area contributed by atoms with Crippen LogP contribution in [-0.4, -0.2) is 23.8 Å². The SMILES string of the molecule is C[C@H](OC(=O)CCC(=O)c1ccccc1)C(=O)Nc1ccc(F)c(F)c1. The van der Waals surface area contributed by atoms with Crippen molar-refractivity contribution in [1.82, 2.24) is 0 Å². The number of anilines is 1. The Balaban J connectivity index is 1.81. The predicted octanol–water partition coefficient (Wildman–Crippen LogP) is 3.50. The van der Waals surface area contributed by atoms with Gasteiger partial charge >= 0.3 is 5.97 Å². The van der Waals surface area contributed by atoms with Gasteiger partial charge in [0.1, 0.15) is 0 Å². The highest BCUT2D eigenvalue weighted by atomic mass is 19.2. The molecule has 5 nitrogen and oxygen atoms in total. The van der Waals surface area contributed by atoms with Crippen molar-refractivity contribution in [3.8, 4) is 0 Å². The number of esters is 1. The molecule has 0 saturated carbocycles. The van der Waals surface area contributed by atoms with Crippen molar-refractivity contribution in [3.05, 3.63) is 65.7 Å². The fraction of sp³-hybridized carbons (Fsp3) is 0.211. The van der Waals surface area contributed by atoms with Gasteiger partial charge in [0.25, 0.3) is 5.91 Å². The quantitative estimate of drug-likeness (QED) is 0.605. The van der Waals surface area contributed by atoms with Gasteiger partial charge in [0.05, 0.1) is 6.42 Å². The molecule has 1 amide bonds. The van der Waals surface area contributed by atoms with Crippen molar-refractivity contribution in [2.45, 2.75) is 25.9 Å². The molecule has 0 heterocycles. The van der Waals surface area contributed by atoms with Crippen molar-refractivity contribution in [1.29, 1.82) is 0 Å². The topological polar surface area (TPSA) is 72.5 Å². The molecule has 0 aliphatic heterocycles. The van der Waals surface area contributed by atoms with E-state index in [0.29, 0.717) is 5.56 Å². The van der Waals surface area contributed by atoms with Crippen LogP contribution in [0.3, 0.4) is 0 Å². The number of hydrogen-bond acceptors (Lipinski definition) is 4. The summed E-state index contributed by atoms with van der Waals surface area (Å²) in [5, 5.41) is 2.32. The average Bonchev–Trinajstić information content (AvgIpc) is 2.63. The van der Waals surface area contributed by atoms with E-state index >= 15 is 0 Å². The molecule has 1 N–H and O–H groups in total. The molecule has 0 fully saturated rings. The maximum atomic E-state index is 13.1. The van der Waals surface area contributed by atoms with Crippen LogP contribution in [0.2, 0.25) is 0 Å². The third-order valence-electron chi connectivity index (χ3n) is 3.52. The number of carbonyl (C=O) groups is 3. The second kappa shape index (κ2) is 8.84. The summed E-state index contributed by atoms with van der Waals surface area (Å²) >= 11 is 0. The molecule has 1 atom stereocenters. The van der Waals surface area contributed by atoms with E-state index in [1.54, 1.807) is 30.3 Å². The highest BCUT2D eigenvalue weighted by Gasteiger charge is 2.19. The Hall–Kier alpha value is -3.09. The lowest BCUT2D eigenvalue weighted by Crippen LogP contribution is -2.30. The van der Waals surface area contributed by atoms with Gasteiger partial charge in [-0.3, -0.25) is 14.4 Å². The third-order valence-corrected chi connectivity index (χ3v) is 3.52. The van der Waals surface area contributed by atoms with Gasteiger partial charge in [0, 0.05) is 23.7 Å². The third kappa shape index (κ3) is 5.47. The lowest BCUT2D eigenvalue weighted by molar-refractivity contribution is -0.153. The molecule has 136 valence electrons. The van der Waals surface area contributed by atoms with E-state index in [-0.39, 0.29) is 24.3 Å². The molecule has 2 aromatic rings. The molecule has 26 heavy (non-hydrogen) atoms. The van der Waals surface area contributed by atoms with Crippen molar-refractivity contribution in [3.63, 3.8) is 0 Å². The summed E-state index contributed by atoms with van der Waals surface area (Å²) in [6, 6.07) is 11.4. The van der Waals surface area contributed by atoms with Crippen molar-refractivity contribution >= 4 is 23.3 Å². The first kappa shape index (κ1) is 19.2. The number of Topliss-reactive ketones (excluding diaryl/α,β-unsaturated/α-hetero) is 1. The van der Waals surface area contributed by atoms with Crippen molar-refractivity contribution in [2.75, 3.05) is 5.32 Å². The van der Waals surface area contributed by atoms with Gasteiger partial charge in [-0.2, -0.15) is 0 Å². The Labute approximate surface area is 149 Å². The summed E-state index contributed by atoms with van der Waals surface area (Å²) in [4.78, 5) is 35.6. The summed E-state index contributed by atoms with van der Waals surface area (Å²) in [5.74, 6) is -3.75. The van der Waals surface area contributed by atoms with Crippen LogP contribution in [-0.2, 0) is 14.3 Å². The average molecular weight is 361 g/mol. The molecule has 0 spiro atoms. The molecule has 7 heteroatoms. The molecule has 0 aromatic heterocycles. The number of carbonyl (C=O) groups excluding carboxylic acids is 3. The lowest BCUT2D eigenvalue weighted by atomic mass is 10.1. The highest BCUT2D eigenvalue weighted by Crippen LogP contribution is 2.14. The first-order valence-electron chi connectivity index (χ1n) is 7.90. The molecule has 2 rings (SSSR count). The molecule has 0 aliphatic carbocycles. The second-order valence-electron chi connectivity index (χ2n) is 5.54. The van der Waals surface area contributed by atoms with Gasteiger partial charge in [-0.25, -0.2) is 8.78 Å². The first-order chi connectivity index (χ1) is 12.4. The molecule has 0 radical (unpaired) electrons. The Bertz CT molecular complexity index is 808.